The maximum Gasteiger partial charge on any atom is 0.309 e. The molecule has 6 aliphatic rings. The molecule has 260 valence electrons. The first kappa shape index (κ1) is 34.2. The molecule has 7 heteroatoms. The van der Waals surface area contributed by atoms with E-state index in [-0.39, 0.29) is 51.6 Å². The fourth-order valence-corrected chi connectivity index (χ4v) is 13.6. The second-order valence-electron chi connectivity index (χ2n) is 19.0. The van der Waals surface area contributed by atoms with Gasteiger partial charge in [0.1, 0.15) is 6.10 Å². The highest BCUT2D eigenvalue weighted by atomic mass is 16.5. The van der Waals surface area contributed by atoms with Crippen LogP contribution in [0.3, 0.4) is 0 Å². The van der Waals surface area contributed by atoms with Gasteiger partial charge in [-0.1, -0.05) is 41.0 Å². The van der Waals surface area contributed by atoms with Gasteiger partial charge < -0.3 is 20.5 Å². The van der Waals surface area contributed by atoms with Crippen molar-refractivity contribution in [2.75, 3.05) is 13.1 Å². The van der Waals surface area contributed by atoms with Crippen LogP contribution in [-0.4, -0.2) is 53.1 Å². The van der Waals surface area contributed by atoms with E-state index in [0.29, 0.717) is 36.1 Å². The number of rotatable bonds is 7. The van der Waals surface area contributed by atoms with Crippen LogP contribution in [0.25, 0.3) is 0 Å². The molecule has 1 heterocycles. The minimum absolute atomic E-state index is 0.100. The van der Waals surface area contributed by atoms with Gasteiger partial charge >= 0.3 is 11.9 Å². The van der Waals surface area contributed by atoms with Crippen LogP contribution in [0.15, 0.2) is 0 Å². The van der Waals surface area contributed by atoms with Crippen LogP contribution in [-0.2, 0) is 19.1 Å². The van der Waals surface area contributed by atoms with Crippen molar-refractivity contribution in [1.29, 1.82) is 0 Å². The molecule has 0 aromatic heterocycles. The molecule has 6 rings (SSSR count). The highest BCUT2D eigenvalue weighted by molar-refractivity contribution is 5.81. The summed E-state index contributed by atoms with van der Waals surface area (Å²) in [7, 11) is 0. The molecular formula is C39H64N2O5. The molecule has 3 N–H and O–H groups in total. The summed E-state index contributed by atoms with van der Waals surface area (Å²) in [6.45, 7) is 17.2. The number of carboxylic acids is 1. The summed E-state index contributed by atoms with van der Waals surface area (Å²) in [5, 5.41) is 9.56. The number of esters is 1. The first-order valence-corrected chi connectivity index (χ1v) is 18.9. The number of aliphatic carboxylic acids is 1. The van der Waals surface area contributed by atoms with E-state index in [2.05, 4.69) is 39.5 Å². The molecular weight excluding hydrogens is 576 g/mol. The van der Waals surface area contributed by atoms with Gasteiger partial charge in [-0.3, -0.25) is 14.4 Å². The van der Waals surface area contributed by atoms with Gasteiger partial charge in [0.05, 0.1) is 11.8 Å². The Bertz CT molecular complexity index is 1230. The highest BCUT2D eigenvalue weighted by Crippen LogP contribution is 2.77. The van der Waals surface area contributed by atoms with E-state index in [4.69, 9.17) is 10.5 Å². The van der Waals surface area contributed by atoms with Gasteiger partial charge in [0.25, 0.3) is 0 Å². The van der Waals surface area contributed by atoms with Crippen molar-refractivity contribution in [2.24, 2.45) is 61.9 Å². The van der Waals surface area contributed by atoms with Crippen LogP contribution in [0.4, 0.5) is 0 Å². The quantitative estimate of drug-likeness (QED) is 0.278. The average molecular weight is 641 g/mol. The molecule has 5 saturated carbocycles. The monoisotopic (exact) mass is 640 g/mol. The predicted octanol–water partition coefficient (Wildman–Crippen LogP) is 7.59. The van der Waals surface area contributed by atoms with Crippen LogP contribution in [0.5, 0.6) is 0 Å². The molecule has 0 radical (unpaired) electrons. The number of amides is 1. The van der Waals surface area contributed by atoms with Crippen molar-refractivity contribution in [3.8, 4) is 0 Å². The maximum absolute atomic E-state index is 13.8. The topological polar surface area (TPSA) is 110 Å². The van der Waals surface area contributed by atoms with E-state index < -0.39 is 11.4 Å². The Hall–Kier alpha value is -1.63. The van der Waals surface area contributed by atoms with Crippen molar-refractivity contribution < 1.29 is 24.2 Å². The van der Waals surface area contributed by atoms with Crippen LogP contribution < -0.4 is 5.73 Å². The number of ether oxygens (including phenoxy) is 1. The molecule has 0 aromatic carbocycles. The summed E-state index contributed by atoms with van der Waals surface area (Å²) in [4.78, 5) is 40.6. The number of carboxylic acid groups (broad SMARTS) is 1. The fraction of sp³-hybridized carbons (Fsp3) is 0.923. The van der Waals surface area contributed by atoms with Crippen molar-refractivity contribution in [1.82, 2.24) is 4.90 Å². The third-order valence-electron chi connectivity index (χ3n) is 16.4. The molecule has 46 heavy (non-hydrogen) atoms. The van der Waals surface area contributed by atoms with Gasteiger partial charge in [-0.25, -0.2) is 0 Å². The van der Waals surface area contributed by atoms with Gasteiger partial charge in [-0.15, -0.1) is 0 Å². The standard InChI is InChI=1S/C39H64N2O5/c1-34(2,33(44)45)23-32(43)46-30-15-17-36(5)28(35(30,3)4)14-18-38(7)29(36)13-12-26-27-11-8-16-39(27,20-19-37(26,38)6)22-31(42)41-21-9-10-25(41)24-40/h25-30H,8-24,40H2,1-7H3,(H,44,45)/t25-,26-,27-,28?,29?,30+,36+,37-,38-,39-/m1/s1. The molecule has 0 aromatic rings. The molecule has 1 saturated heterocycles. The van der Waals surface area contributed by atoms with Crippen molar-refractivity contribution in [2.45, 2.75) is 157 Å². The minimum Gasteiger partial charge on any atom is -0.481 e. The van der Waals surface area contributed by atoms with E-state index in [0.717, 1.165) is 45.1 Å². The van der Waals surface area contributed by atoms with Crippen LogP contribution in [0.1, 0.15) is 145 Å². The molecule has 1 aliphatic heterocycles. The molecule has 6 fully saturated rings. The molecule has 5 aliphatic carbocycles. The molecule has 10 atom stereocenters. The number of nitrogens with two attached hydrogens (primary N) is 1. The number of hydrogen-bond donors (Lipinski definition) is 2. The summed E-state index contributed by atoms with van der Waals surface area (Å²) in [6.07, 6.45) is 15.6. The lowest BCUT2D eigenvalue weighted by molar-refractivity contribution is -0.248. The Labute approximate surface area is 278 Å². The summed E-state index contributed by atoms with van der Waals surface area (Å²) in [5.74, 6) is 1.46. The zero-order valence-electron chi connectivity index (χ0n) is 30.1. The van der Waals surface area contributed by atoms with E-state index >= 15 is 0 Å². The second kappa shape index (κ2) is 11.5. The Morgan fingerprint density at radius 1 is 0.826 bits per heavy atom. The third kappa shape index (κ3) is 5.00. The van der Waals surface area contributed by atoms with Gasteiger partial charge in [0, 0.05) is 31.0 Å². The van der Waals surface area contributed by atoms with Crippen LogP contribution in [0.2, 0.25) is 0 Å². The van der Waals surface area contributed by atoms with Crippen LogP contribution in [0, 0.1) is 56.2 Å². The number of nitrogens with zero attached hydrogens (tertiary/aromatic N) is 1. The molecule has 0 spiro atoms. The summed E-state index contributed by atoms with van der Waals surface area (Å²) < 4.78 is 6.15. The van der Waals surface area contributed by atoms with Gasteiger partial charge in [-0.2, -0.15) is 0 Å². The molecule has 2 unspecified atom stereocenters. The molecule has 1 amide bonds. The minimum atomic E-state index is -1.13. The first-order chi connectivity index (χ1) is 21.4. The lowest BCUT2D eigenvalue weighted by Crippen LogP contribution is -2.66. The average Bonchev–Trinajstić information content (AvgIpc) is 3.62. The number of carbonyl (C=O) groups excluding carboxylic acids is 2. The summed E-state index contributed by atoms with van der Waals surface area (Å²) in [5.41, 5.74) is 5.67. The second-order valence-corrected chi connectivity index (χ2v) is 19.0. The highest BCUT2D eigenvalue weighted by Gasteiger charge is 2.70. The van der Waals surface area contributed by atoms with Gasteiger partial charge in [-0.05, 0) is 136 Å². The number of fused-ring (bicyclic) bond motifs is 7. The van der Waals surface area contributed by atoms with Crippen molar-refractivity contribution in [3.63, 3.8) is 0 Å². The summed E-state index contributed by atoms with van der Waals surface area (Å²) >= 11 is 0. The van der Waals surface area contributed by atoms with E-state index in [1.165, 1.54) is 51.4 Å². The lowest BCUT2D eigenvalue weighted by Gasteiger charge is -2.72. The predicted molar refractivity (Wildman–Crippen MR) is 180 cm³/mol. The van der Waals surface area contributed by atoms with E-state index in [9.17, 15) is 19.5 Å². The van der Waals surface area contributed by atoms with Crippen molar-refractivity contribution in [3.05, 3.63) is 0 Å². The number of likely N-dealkylation sites (tertiary alicyclic amines) is 1. The number of carbonyl (C=O) groups is 3. The molecule has 7 nitrogen and oxygen atoms in total. The van der Waals surface area contributed by atoms with E-state index in [1.54, 1.807) is 13.8 Å². The van der Waals surface area contributed by atoms with Crippen LogP contribution >= 0.6 is 0 Å². The Balaban J connectivity index is 1.20. The van der Waals surface area contributed by atoms with Crippen molar-refractivity contribution >= 4 is 17.8 Å². The normalized spacial score (nSPS) is 44.8. The third-order valence-corrected chi connectivity index (χ3v) is 16.4. The number of hydrogen-bond acceptors (Lipinski definition) is 5. The zero-order chi connectivity index (χ0) is 33.5. The SMILES string of the molecule is CC(C)(CC(=O)O[C@H]1CC[C@@]2(C)C(CC[C@]3(C)C2CC[C@@H]2[C@H]4CCC[C@]4(CC(=O)N4CCC[C@@H]4CN)CC[C@]23C)C1(C)C)C(=O)O. The maximum atomic E-state index is 13.8. The lowest BCUT2D eigenvalue weighted by atomic mass is 9.32. The zero-order valence-corrected chi connectivity index (χ0v) is 30.1. The van der Waals surface area contributed by atoms with E-state index in [1.807, 2.05) is 0 Å². The first-order valence-electron chi connectivity index (χ1n) is 18.9. The Morgan fingerprint density at radius 3 is 2.26 bits per heavy atom. The Kier molecular flexibility index (Phi) is 8.54. The largest absolute Gasteiger partial charge is 0.481 e. The molecule has 0 bridgehead atoms. The fourth-order valence-electron chi connectivity index (χ4n) is 13.6. The van der Waals surface area contributed by atoms with Gasteiger partial charge in [0.15, 0.2) is 0 Å². The van der Waals surface area contributed by atoms with Gasteiger partial charge in [0.2, 0.25) is 5.91 Å². The smallest absolute Gasteiger partial charge is 0.309 e. The Morgan fingerprint density at radius 2 is 1.57 bits per heavy atom. The summed E-state index contributed by atoms with van der Waals surface area (Å²) in [6, 6.07) is 0.238.